The molecule has 0 unspecified atom stereocenters. The average Bonchev–Trinajstić information content (AvgIpc) is 3.30. The van der Waals surface area contributed by atoms with Gasteiger partial charge in [0.2, 0.25) is 0 Å². The summed E-state index contributed by atoms with van der Waals surface area (Å²) in [5.41, 5.74) is 0. The van der Waals surface area contributed by atoms with E-state index in [9.17, 15) is 0 Å². The number of anilines is 1. The highest BCUT2D eigenvalue weighted by Crippen LogP contribution is 2.37. The monoisotopic (exact) mass is 270 g/mol. The molecule has 0 radical (unpaired) electrons. The number of fused-ring (bicyclic) bond motifs is 2. The van der Waals surface area contributed by atoms with Crippen LogP contribution in [0.3, 0.4) is 0 Å². The highest BCUT2D eigenvalue weighted by molar-refractivity contribution is 5.94. The lowest BCUT2D eigenvalue weighted by atomic mass is 10.1. The molecule has 0 atom stereocenters. The number of hydrogen-bond donors (Lipinski definition) is 1. The first-order chi connectivity index (χ1) is 9.90. The molecule has 4 heteroatoms. The van der Waals surface area contributed by atoms with Crippen LogP contribution < -0.4 is 14.8 Å². The minimum atomic E-state index is 0.614. The molecule has 1 N–H and O–H groups in total. The third kappa shape index (κ3) is 2.26. The molecule has 1 aliphatic carbocycles. The molecule has 1 fully saturated rings. The van der Waals surface area contributed by atoms with Gasteiger partial charge in [-0.25, -0.2) is 4.98 Å². The molecular formula is C16H18N2O2. The Bertz CT molecular complexity index is 638. The Labute approximate surface area is 118 Å². The Morgan fingerprint density at radius 1 is 1.15 bits per heavy atom. The predicted octanol–water partition coefficient (Wildman–Crippen LogP) is 3.22. The maximum Gasteiger partial charge on any atom is 0.162 e. The van der Waals surface area contributed by atoms with Crippen molar-refractivity contribution in [2.75, 3.05) is 25.1 Å². The molecule has 104 valence electrons. The van der Waals surface area contributed by atoms with Crippen molar-refractivity contribution in [1.82, 2.24) is 4.98 Å². The van der Waals surface area contributed by atoms with E-state index in [-0.39, 0.29) is 0 Å². The fraction of sp³-hybridized carbons (Fsp3) is 0.438. The summed E-state index contributed by atoms with van der Waals surface area (Å²) >= 11 is 0. The molecule has 1 aromatic carbocycles. The first-order valence-electron chi connectivity index (χ1n) is 7.32. The van der Waals surface area contributed by atoms with Crippen LogP contribution in [0.1, 0.15) is 19.3 Å². The van der Waals surface area contributed by atoms with Crippen LogP contribution in [-0.2, 0) is 0 Å². The third-order valence-corrected chi connectivity index (χ3v) is 3.97. The van der Waals surface area contributed by atoms with Crippen LogP contribution in [0.15, 0.2) is 24.4 Å². The van der Waals surface area contributed by atoms with Crippen molar-refractivity contribution in [3.63, 3.8) is 0 Å². The van der Waals surface area contributed by atoms with Crippen LogP contribution >= 0.6 is 0 Å². The number of benzene rings is 1. The topological polar surface area (TPSA) is 43.4 Å². The molecule has 1 aromatic heterocycles. The lowest BCUT2D eigenvalue weighted by molar-refractivity contribution is 0.172. The van der Waals surface area contributed by atoms with Crippen molar-refractivity contribution in [1.29, 1.82) is 0 Å². The smallest absolute Gasteiger partial charge is 0.162 e. The largest absolute Gasteiger partial charge is 0.486 e. The number of aromatic nitrogens is 1. The number of hydrogen-bond acceptors (Lipinski definition) is 4. The van der Waals surface area contributed by atoms with Gasteiger partial charge in [-0.1, -0.05) is 12.8 Å². The van der Waals surface area contributed by atoms with Crippen molar-refractivity contribution < 1.29 is 9.47 Å². The molecule has 4 rings (SSSR count). The molecule has 0 spiro atoms. The number of nitrogens with one attached hydrogen (secondary N) is 1. The second-order valence-electron chi connectivity index (χ2n) is 5.54. The van der Waals surface area contributed by atoms with Gasteiger partial charge in [0.1, 0.15) is 19.0 Å². The predicted molar refractivity (Wildman–Crippen MR) is 78.6 cm³/mol. The van der Waals surface area contributed by atoms with E-state index >= 15 is 0 Å². The van der Waals surface area contributed by atoms with Crippen molar-refractivity contribution in [3.8, 4) is 11.5 Å². The van der Waals surface area contributed by atoms with E-state index in [1.54, 1.807) is 0 Å². The van der Waals surface area contributed by atoms with E-state index in [0.717, 1.165) is 40.6 Å². The highest BCUT2D eigenvalue weighted by Gasteiger charge is 2.20. The van der Waals surface area contributed by atoms with Gasteiger partial charge in [-0.3, -0.25) is 0 Å². The van der Waals surface area contributed by atoms with Crippen LogP contribution in [0, 0.1) is 5.92 Å². The fourth-order valence-electron chi connectivity index (χ4n) is 2.65. The van der Waals surface area contributed by atoms with Crippen molar-refractivity contribution in [2.45, 2.75) is 19.3 Å². The van der Waals surface area contributed by atoms with E-state index in [1.165, 1.54) is 19.3 Å². The minimum absolute atomic E-state index is 0.614. The minimum Gasteiger partial charge on any atom is -0.486 e. The normalized spacial score (nSPS) is 17.2. The standard InChI is InChI=1S/C16H18N2O2/c1-2-11(1)3-5-17-16-13-10-15-14(19-7-8-20-15)9-12(13)4-6-18-16/h4,6,9-11H,1-3,5,7-8H2,(H,17,18). The van der Waals surface area contributed by atoms with Crippen molar-refractivity contribution in [3.05, 3.63) is 24.4 Å². The van der Waals surface area contributed by atoms with E-state index in [1.807, 2.05) is 24.4 Å². The summed E-state index contributed by atoms with van der Waals surface area (Å²) in [6.45, 7) is 2.23. The van der Waals surface area contributed by atoms with Crippen LogP contribution in [0.5, 0.6) is 11.5 Å². The van der Waals surface area contributed by atoms with E-state index < -0.39 is 0 Å². The zero-order valence-electron chi connectivity index (χ0n) is 11.4. The molecule has 20 heavy (non-hydrogen) atoms. The van der Waals surface area contributed by atoms with Gasteiger partial charge in [-0.05, 0) is 35.9 Å². The van der Waals surface area contributed by atoms with Crippen molar-refractivity contribution in [2.24, 2.45) is 5.92 Å². The third-order valence-electron chi connectivity index (χ3n) is 3.97. The van der Waals surface area contributed by atoms with Gasteiger partial charge >= 0.3 is 0 Å². The highest BCUT2D eigenvalue weighted by atomic mass is 16.6. The zero-order valence-corrected chi connectivity index (χ0v) is 11.4. The fourth-order valence-corrected chi connectivity index (χ4v) is 2.65. The van der Waals surface area contributed by atoms with Gasteiger partial charge in [-0.2, -0.15) is 0 Å². The maximum absolute atomic E-state index is 5.66. The molecule has 1 saturated carbocycles. The second-order valence-corrected chi connectivity index (χ2v) is 5.54. The summed E-state index contributed by atoms with van der Waals surface area (Å²) in [6, 6.07) is 6.09. The Balaban J connectivity index is 1.65. The molecule has 2 aliphatic rings. The summed E-state index contributed by atoms with van der Waals surface area (Å²) in [6.07, 6.45) is 5.87. The van der Waals surface area contributed by atoms with Crippen LogP contribution in [0.4, 0.5) is 5.82 Å². The SMILES string of the molecule is c1cc2cc3c(cc2c(NCCC2CC2)n1)OCCO3. The van der Waals surface area contributed by atoms with Gasteiger partial charge in [0.15, 0.2) is 11.5 Å². The molecule has 0 bridgehead atoms. The molecule has 2 aromatic rings. The van der Waals surface area contributed by atoms with E-state index in [4.69, 9.17) is 9.47 Å². The number of nitrogens with zero attached hydrogens (tertiary/aromatic N) is 1. The summed E-state index contributed by atoms with van der Waals surface area (Å²) in [7, 11) is 0. The van der Waals surface area contributed by atoms with Crippen LogP contribution in [0.2, 0.25) is 0 Å². The van der Waals surface area contributed by atoms with Crippen LogP contribution in [0.25, 0.3) is 10.8 Å². The second kappa shape index (κ2) is 4.85. The summed E-state index contributed by atoms with van der Waals surface area (Å²) < 4.78 is 11.3. The molecule has 4 nitrogen and oxygen atoms in total. The first kappa shape index (κ1) is 11.8. The number of rotatable bonds is 4. The molecule has 2 heterocycles. The molecular weight excluding hydrogens is 252 g/mol. The Hall–Kier alpha value is -1.97. The van der Waals surface area contributed by atoms with Gasteiger partial charge in [0.25, 0.3) is 0 Å². The Morgan fingerprint density at radius 3 is 2.75 bits per heavy atom. The van der Waals surface area contributed by atoms with Crippen molar-refractivity contribution >= 4 is 16.6 Å². The first-order valence-corrected chi connectivity index (χ1v) is 7.32. The molecule has 1 aliphatic heterocycles. The number of pyridine rings is 1. The summed E-state index contributed by atoms with van der Waals surface area (Å²) in [5, 5.41) is 5.70. The lowest BCUT2D eigenvalue weighted by Crippen LogP contribution is -2.15. The molecule has 0 amide bonds. The van der Waals surface area contributed by atoms with Crippen LogP contribution in [-0.4, -0.2) is 24.7 Å². The van der Waals surface area contributed by atoms with Gasteiger partial charge in [0, 0.05) is 18.1 Å². The molecule has 0 saturated heterocycles. The lowest BCUT2D eigenvalue weighted by Gasteiger charge is -2.19. The quantitative estimate of drug-likeness (QED) is 0.926. The van der Waals surface area contributed by atoms with E-state index in [2.05, 4.69) is 10.3 Å². The summed E-state index contributed by atoms with van der Waals surface area (Å²) in [4.78, 5) is 4.47. The average molecular weight is 270 g/mol. The Kier molecular flexibility index (Phi) is 2.87. The van der Waals surface area contributed by atoms with Gasteiger partial charge in [-0.15, -0.1) is 0 Å². The number of ether oxygens (including phenoxy) is 2. The zero-order chi connectivity index (χ0) is 13.4. The van der Waals surface area contributed by atoms with E-state index in [0.29, 0.717) is 13.2 Å². The van der Waals surface area contributed by atoms with Gasteiger partial charge < -0.3 is 14.8 Å². The van der Waals surface area contributed by atoms with Gasteiger partial charge in [0.05, 0.1) is 0 Å². The maximum atomic E-state index is 5.66. The Morgan fingerprint density at radius 2 is 1.95 bits per heavy atom. The summed E-state index contributed by atoms with van der Waals surface area (Å²) in [5.74, 6) is 3.53.